The SMILES string of the molecule is CCn1cnnc1CN1C(=O)NC(=O)C2(CCC2)C1=O. The Labute approximate surface area is 115 Å². The molecule has 0 bridgehead atoms. The quantitative estimate of drug-likeness (QED) is 0.787. The predicted octanol–water partition coefficient (Wildman–Crippen LogP) is 0.0467. The van der Waals surface area contributed by atoms with E-state index in [0.717, 1.165) is 11.3 Å². The highest BCUT2D eigenvalue weighted by Crippen LogP contribution is 2.44. The molecule has 2 fully saturated rings. The number of urea groups is 1. The van der Waals surface area contributed by atoms with Gasteiger partial charge in [0.2, 0.25) is 11.8 Å². The Balaban J connectivity index is 1.87. The van der Waals surface area contributed by atoms with E-state index in [0.29, 0.717) is 25.2 Å². The number of barbiturate groups is 1. The van der Waals surface area contributed by atoms with Gasteiger partial charge in [-0.25, -0.2) is 4.79 Å². The zero-order chi connectivity index (χ0) is 14.3. The maximum Gasteiger partial charge on any atom is 0.331 e. The lowest BCUT2D eigenvalue weighted by Crippen LogP contribution is -2.65. The van der Waals surface area contributed by atoms with Crippen molar-refractivity contribution in [2.45, 2.75) is 39.3 Å². The number of aromatic nitrogens is 3. The number of hydrogen-bond acceptors (Lipinski definition) is 5. The summed E-state index contributed by atoms with van der Waals surface area (Å²) in [6.45, 7) is 2.60. The maximum absolute atomic E-state index is 12.5. The minimum atomic E-state index is -1.04. The van der Waals surface area contributed by atoms with E-state index in [9.17, 15) is 14.4 Å². The van der Waals surface area contributed by atoms with Gasteiger partial charge in [-0.15, -0.1) is 10.2 Å². The lowest BCUT2D eigenvalue weighted by Gasteiger charge is -2.44. The number of aryl methyl sites for hydroxylation is 1. The van der Waals surface area contributed by atoms with Crippen molar-refractivity contribution in [3.8, 4) is 0 Å². The summed E-state index contributed by atoms with van der Waals surface area (Å²) >= 11 is 0. The van der Waals surface area contributed by atoms with Gasteiger partial charge in [0.15, 0.2) is 5.82 Å². The van der Waals surface area contributed by atoms with E-state index >= 15 is 0 Å². The van der Waals surface area contributed by atoms with E-state index in [1.807, 2.05) is 6.92 Å². The molecule has 1 spiro atoms. The first-order chi connectivity index (χ1) is 9.58. The Kier molecular flexibility index (Phi) is 2.81. The van der Waals surface area contributed by atoms with E-state index in [2.05, 4.69) is 15.5 Å². The highest BCUT2D eigenvalue weighted by atomic mass is 16.2. The summed E-state index contributed by atoms with van der Waals surface area (Å²) < 4.78 is 1.75. The van der Waals surface area contributed by atoms with Crippen molar-refractivity contribution in [1.82, 2.24) is 25.0 Å². The summed E-state index contributed by atoms with van der Waals surface area (Å²) in [5.74, 6) is -0.352. The van der Waals surface area contributed by atoms with Crippen LogP contribution in [0.15, 0.2) is 6.33 Å². The second kappa shape index (κ2) is 4.39. The molecule has 20 heavy (non-hydrogen) atoms. The number of amides is 4. The molecule has 1 saturated heterocycles. The van der Waals surface area contributed by atoms with E-state index in [-0.39, 0.29) is 6.54 Å². The number of carbonyl (C=O) groups is 3. The van der Waals surface area contributed by atoms with Gasteiger partial charge in [-0.2, -0.15) is 0 Å². The van der Waals surface area contributed by atoms with Crippen LogP contribution in [-0.2, 0) is 22.7 Å². The maximum atomic E-state index is 12.5. The first-order valence-corrected chi connectivity index (χ1v) is 6.62. The standard InChI is InChI=1S/C12H15N5O3/c1-2-16-7-13-15-8(16)6-17-10(19)12(4-3-5-12)9(18)14-11(17)20/h7H,2-6H2,1H3,(H,14,18,20). The third kappa shape index (κ3) is 1.64. The van der Waals surface area contributed by atoms with Gasteiger partial charge in [0.1, 0.15) is 11.7 Å². The van der Waals surface area contributed by atoms with Crippen molar-refractivity contribution in [2.75, 3.05) is 0 Å². The van der Waals surface area contributed by atoms with Crippen LogP contribution >= 0.6 is 0 Å². The largest absolute Gasteiger partial charge is 0.331 e. The van der Waals surface area contributed by atoms with Gasteiger partial charge in [0.25, 0.3) is 0 Å². The molecule has 1 N–H and O–H groups in total. The molecule has 1 aromatic rings. The summed E-state index contributed by atoms with van der Waals surface area (Å²) in [4.78, 5) is 37.3. The van der Waals surface area contributed by atoms with Crippen LogP contribution in [-0.4, -0.2) is 37.5 Å². The van der Waals surface area contributed by atoms with Crippen LogP contribution in [0.3, 0.4) is 0 Å². The summed E-state index contributed by atoms with van der Waals surface area (Å²) in [6, 6.07) is -0.678. The predicted molar refractivity (Wildman–Crippen MR) is 66.1 cm³/mol. The summed E-state index contributed by atoms with van der Waals surface area (Å²) in [5, 5.41) is 9.96. The third-order valence-electron chi connectivity index (χ3n) is 4.10. The average molecular weight is 277 g/mol. The third-order valence-corrected chi connectivity index (χ3v) is 4.10. The molecule has 8 heteroatoms. The van der Waals surface area contributed by atoms with Gasteiger partial charge >= 0.3 is 6.03 Å². The van der Waals surface area contributed by atoms with Crippen LogP contribution < -0.4 is 5.32 Å². The minimum Gasteiger partial charge on any atom is -0.316 e. The van der Waals surface area contributed by atoms with Crippen LogP contribution in [0, 0.1) is 5.41 Å². The highest BCUT2D eigenvalue weighted by Gasteiger charge is 2.57. The number of rotatable bonds is 3. The fourth-order valence-electron chi connectivity index (χ4n) is 2.65. The normalized spacial score (nSPS) is 21.1. The fraction of sp³-hybridized carbons (Fsp3) is 0.583. The molecular formula is C12H15N5O3. The van der Waals surface area contributed by atoms with Gasteiger partial charge in [-0.1, -0.05) is 6.42 Å². The van der Waals surface area contributed by atoms with Gasteiger partial charge in [-0.05, 0) is 19.8 Å². The van der Waals surface area contributed by atoms with Crippen molar-refractivity contribution in [2.24, 2.45) is 5.41 Å². The van der Waals surface area contributed by atoms with Gasteiger partial charge in [0.05, 0.1) is 6.54 Å². The smallest absolute Gasteiger partial charge is 0.316 e. The van der Waals surface area contributed by atoms with Gasteiger partial charge in [-0.3, -0.25) is 19.8 Å². The lowest BCUT2D eigenvalue weighted by atomic mass is 9.66. The van der Waals surface area contributed by atoms with Crippen molar-refractivity contribution >= 4 is 17.8 Å². The van der Waals surface area contributed by atoms with E-state index in [4.69, 9.17) is 0 Å². The molecule has 2 heterocycles. The molecule has 4 amide bonds. The van der Waals surface area contributed by atoms with Gasteiger partial charge < -0.3 is 4.57 Å². The Hall–Kier alpha value is -2.25. The van der Waals surface area contributed by atoms with Crippen LogP contribution in [0.4, 0.5) is 4.79 Å². The number of carbonyl (C=O) groups excluding carboxylic acids is 3. The molecular weight excluding hydrogens is 262 g/mol. The summed E-state index contributed by atoms with van der Waals surface area (Å²) in [5.41, 5.74) is -1.04. The van der Waals surface area contributed by atoms with Gasteiger partial charge in [0, 0.05) is 6.54 Å². The molecule has 0 aromatic carbocycles. The molecule has 106 valence electrons. The van der Waals surface area contributed by atoms with Crippen molar-refractivity contribution in [3.05, 3.63) is 12.2 Å². The Bertz CT molecular complexity index is 590. The number of nitrogens with zero attached hydrogens (tertiary/aromatic N) is 4. The van der Waals surface area contributed by atoms with E-state index < -0.39 is 23.3 Å². The average Bonchev–Trinajstić information content (AvgIpc) is 2.79. The molecule has 0 unspecified atom stereocenters. The molecule has 1 aliphatic carbocycles. The van der Waals surface area contributed by atoms with E-state index in [1.54, 1.807) is 10.9 Å². The fourth-order valence-corrected chi connectivity index (χ4v) is 2.65. The molecule has 8 nitrogen and oxygen atoms in total. The molecule has 1 aliphatic heterocycles. The Morgan fingerprint density at radius 1 is 1.35 bits per heavy atom. The summed E-state index contributed by atoms with van der Waals surface area (Å²) in [6.07, 6.45) is 3.38. The first kappa shape index (κ1) is 12.8. The molecule has 2 aliphatic rings. The first-order valence-electron chi connectivity index (χ1n) is 6.62. The summed E-state index contributed by atoms with van der Waals surface area (Å²) in [7, 11) is 0. The van der Waals surface area contributed by atoms with Crippen molar-refractivity contribution < 1.29 is 14.4 Å². The van der Waals surface area contributed by atoms with Crippen LogP contribution in [0.25, 0.3) is 0 Å². The number of imide groups is 2. The highest BCUT2D eigenvalue weighted by molar-refractivity contribution is 6.19. The molecule has 1 saturated carbocycles. The number of hydrogen-bond donors (Lipinski definition) is 1. The topological polar surface area (TPSA) is 97.2 Å². The van der Waals surface area contributed by atoms with Crippen LogP contribution in [0.2, 0.25) is 0 Å². The van der Waals surface area contributed by atoms with Crippen molar-refractivity contribution in [3.63, 3.8) is 0 Å². The zero-order valence-electron chi connectivity index (χ0n) is 11.1. The van der Waals surface area contributed by atoms with Crippen LogP contribution in [0.1, 0.15) is 32.0 Å². The Morgan fingerprint density at radius 2 is 2.10 bits per heavy atom. The lowest BCUT2D eigenvalue weighted by molar-refractivity contribution is -0.158. The monoisotopic (exact) mass is 277 g/mol. The number of nitrogens with one attached hydrogen (secondary N) is 1. The molecule has 0 atom stereocenters. The second-order valence-corrected chi connectivity index (χ2v) is 5.12. The molecule has 3 rings (SSSR count). The Morgan fingerprint density at radius 3 is 2.70 bits per heavy atom. The van der Waals surface area contributed by atoms with Crippen molar-refractivity contribution in [1.29, 1.82) is 0 Å². The minimum absolute atomic E-state index is 0.0353. The molecule has 0 radical (unpaired) electrons. The van der Waals surface area contributed by atoms with Crippen LogP contribution in [0.5, 0.6) is 0 Å². The zero-order valence-corrected chi connectivity index (χ0v) is 11.1. The van der Waals surface area contributed by atoms with E-state index in [1.165, 1.54) is 0 Å². The molecule has 1 aromatic heterocycles. The second-order valence-electron chi connectivity index (χ2n) is 5.12.